The molecule has 0 aromatic carbocycles. The van der Waals surface area contributed by atoms with Crippen LogP contribution >= 0.6 is 0 Å². The fourth-order valence-electron chi connectivity index (χ4n) is 4.85. The molecule has 0 amide bonds. The maximum absolute atomic E-state index is 2.89. The summed E-state index contributed by atoms with van der Waals surface area (Å²) in [6.07, 6.45) is 0. The first-order valence-corrected chi connectivity index (χ1v) is 28.4. The fourth-order valence-corrected chi connectivity index (χ4v) is 217. The highest BCUT2D eigenvalue weighted by Gasteiger charge is 2.76. The lowest BCUT2D eigenvalue weighted by molar-refractivity contribution is 1.40. The molecule has 0 saturated carbocycles. The highest BCUT2D eigenvalue weighted by atomic mass is 30.2. The number of hydrogen-bond donors (Lipinski definition) is 0. The van der Waals surface area contributed by atoms with E-state index in [9.17, 15) is 0 Å². The van der Waals surface area contributed by atoms with Crippen LogP contribution in [-0.2, 0) is 0 Å². The van der Waals surface area contributed by atoms with Gasteiger partial charge in [0.05, 0.1) is 0 Å². The zero-order chi connectivity index (χ0) is 13.9. The molecule has 1 fully saturated rings. The van der Waals surface area contributed by atoms with Crippen LogP contribution in [0.4, 0.5) is 0 Å². The predicted octanol–water partition coefficient (Wildman–Crippen LogP) is 3.09. The first kappa shape index (κ1) is 16.4. The molecular weight excluding hydrogens is 301 g/mol. The van der Waals surface area contributed by atoms with Gasteiger partial charge in [0.1, 0.15) is 0 Å². The molecule has 0 aromatic heterocycles. The van der Waals surface area contributed by atoms with Crippen LogP contribution < -0.4 is 0 Å². The normalized spacial score (nSPS) is 31.6. The lowest BCUT2D eigenvalue weighted by Crippen LogP contribution is -2.70. The molecule has 0 nitrogen and oxygen atoms in total. The fraction of sp³-hybridized carbons (Fsp3) is 1.00. The molecule has 6 heteroatoms. The van der Waals surface area contributed by atoms with Crippen molar-refractivity contribution in [2.75, 3.05) is 0 Å². The van der Waals surface area contributed by atoms with Crippen LogP contribution in [0, 0.1) is 0 Å². The Morgan fingerprint density at radius 2 is 0.882 bits per heavy atom. The summed E-state index contributed by atoms with van der Waals surface area (Å²) in [6.45, 7) is 25.6. The van der Waals surface area contributed by atoms with Crippen molar-refractivity contribution in [3.8, 4) is 0 Å². The molecule has 102 valence electrons. The van der Waals surface area contributed by atoms with E-state index in [0.29, 0.717) is 0 Å². The largest absolute Gasteiger partial charge is 0.0735 e. The second-order valence-corrected chi connectivity index (χ2v) is 69.9. The van der Waals surface area contributed by atoms with Crippen molar-refractivity contribution in [1.82, 2.24) is 0 Å². The average Bonchev–Trinajstić information content (AvgIpc) is 2.19. The molecule has 1 heterocycles. The third-order valence-electron chi connectivity index (χ3n) is 8.20. The van der Waals surface area contributed by atoms with Crippen molar-refractivity contribution in [2.24, 2.45) is 0 Å². The molecule has 0 N–H and O–H groups in total. The van der Waals surface area contributed by atoms with Crippen LogP contribution in [0.25, 0.3) is 0 Å². The minimum atomic E-state index is -0.890. The maximum atomic E-state index is 2.89. The lowest BCUT2D eigenvalue weighted by atomic mass is 11.0. The Bertz CT molecular complexity index is 292. The van der Waals surface area contributed by atoms with E-state index in [1.54, 1.807) is 12.1 Å². The van der Waals surface area contributed by atoms with E-state index < -0.39 is 35.5 Å². The van der Waals surface area contributed by atoms with Crippen LogP contribution in [-0.4, -0.2) is 45.8 Å². The number of rotatable bonds is 2. The second-order valence-electron chi connectivity index (χ2n) is 8.58. The smallest absolute Gasteiger partial charge is 0.0334 e. The molecule has 0 unspecified atom stereocenters. The van der Waals surface area contributed by atoms with Crippen LogP contribution in [0.5, 0.6) is 0 Å². The minimum absolute atomic E-state index is 0.876. The number of hydrogen-bond acceptors (Lipinski definition) is 0. The summed E-state index contributed by atoms with van der Waals surface area (Å²) in [5.41, 5.74) is 0. The highest BCUT2D eigenvalue weighted by molar-refractivity contribution is 8.13. The lowest BCUT2D eigenvalue weighted by Gasteiger charge is -2.46. The van der Waals surface area contributed by atoms with Crippen molar-refractivity contribution in [3.05, 3.63) is 0 Å². The third-order valence-corrected chi connectivity index (χ3v) is 138. The molecule has 1 aliphatic heterocycles. The second kappa shape index (κ2) is 4.15. The molecular formula is C11H34Si6. The van der Waals surface area contributed by atoms with Gasteiger partial charge >= 0.3 is 0 Å². The summed E-state index contributed by atoms with van der Waals surface area (Å²) in [7, 11) is -2.99. The van der Waals surface area contributed by atoms with Crippen LogP contribution in [0.2, 0.25) is 71.0 Å². The van der Waals surface area contributed by atoms with Crippen molar-refractivity contribution in [2.45, 2.75) is 71.0 Å². The van der Waals surface area contributed by atoms with Crippen LogP contribution in [0.15, 0.2) is 0 Å². The van der Waals surface area contributed by atoms with Crippen molar-refractivity contribution < 1.29 is 0 Å². The summed E-state index contributed by atoms with van der Waals surface area (Å²) >= 11 is 0. The molecule has 0 radical (unpaired) electrons. The van der Waals surface area contributed by atoms with Gasteiger partial charge in [-0.25, -0.2) is 0 Å². The van der Waals surface area contributed by atoms with Gasteiger partial charge in [-0.1, -0.05) is 71.0 Å². The van der Waals surface area contributed by atoms with Gasteiger partial charge in [-0.2, -0.15) is 0 Å². The topological polar surface area (TPSA) is 0 Å². The Hall–Kier alpha value is 1.30. The summed E-state index contributed by atoms with van der Waals surface area (Å²) in [6, 6.07) is 3.33. The quantitative estimate of drug-likeness (QED) is 0.681. The van der Waals surface area contributed by atoms with E-state index in [1.165, 1.54) is 10.2 Å². The van der Waals surface area contributed by atoms with E-state index in [4.69, 9.17) is 0 Å². The summed E-state index contributed by atoms with van der Waals surface area (Å²) < 4.78 is 0. The maximum Gasteiger partial charge on any atom is 0.0334 e. The van der Waals surface area contributed by atoms with Gasteiger partial charge in [0, 0.05) is 45.8 Å². The molecule has 0 aliphatic carbocycles. The monoisotopic (exact) mass is 334 g/mol. The standard InChI is InChI=1S/C11H34Si6/c1-13(2)14(3,4)16(7,8)17(9,11-10-12)15(13,5)6/h10-11H2,1-9,12H3. The Labute approximate surface area is 116 Å². The first-order valence-electron chi connectivity index (χ1n) is 7.31. The SMILES string of the molecule is C[Si]1(C)[Si](C)(C)[Si](C)(C)[Si](C)(CC[SiH3])[Si]1(C)C. The summed E-state index contributed by atoms with van der Waals surface area (Å²) in [5, 5.41) is 0. The van der Waals surface area contributed by atoms with E-state index in [2.05, 4.69) is 58.9 Å². The van der Waals surface area contributed by atoms with Gasteiger partial charge in [0.25, 0.3) is 0 Å². The molecule has 0 atom stereocenters. The predicted molar refractivity (Wildman–Crippen MR) is 101 cm³/mol. The molecule has 1 saturated heterocycles. The van der Waals surface area contributed by atoms with Crippen molar-refractivity contribution in [1.29, 1.82) is 0 Å². The van der Waals surface area contributed by atoms with Crippen LogP contribution in [0.1, 0.15) is 0 Å². The van der Waals surface area contributed by atoms with Crippen molar-refractivity contribution in [3.63, 3.8) is 0 Å². The third kappa shape index (κ3) is 1.60. The van der Waals surface area contributed by atoms with Crippen molar-refractivity contribution >= 4 is 45.8 Å². The van der Waals surface area contributed by atoms with Gasteiger partial charge in [-0.15, -0.1) is 0 Å². The van der Waals surface area contributed by atoms with Gasteiger partial charge < -0.3 is 0 Å². The summed E-state index contributed by atoms with van der Waals surface area (Å²) in [4.78, 5) is 0. The summed E-state index contributed by atoms with van der Waals surface area (Å²) in [5.74, 6) is 0. The van der Waals surface area contributed by atoms with Gasteiger partial charge in [-0.3, -0.25) is 0 Å². The average molecular weight is 335 g/mol. The zero-order valence-corrected chi connectivity index (χ0v) is 20.9. The minimum Gasteiger partial charge on any atom is -0.0735 e. The Morgan fingerprint density at radius 1 is 0.588 bits per heavy atom. The van der Waals surface area contributed by atoms with Gasteiger partial charge in [-0.05, 0) is 0 Å². The van der Waals surface area contributed by atoms with Gasteiger partial charge in [0.15, 0.2) is 0 Å². The van der Waals surface area contributed by atoms with E-state index in [1.807, 2.05) is 0 Å². The molecule has 0 aromatic rings. The molecule has 1 rings (SSSR count). The molecule has 17 heavy (non-hydrogen) atoms. The first-order chi connectivity index (χ1) is 7.31. The van der Waals surface area contributed by atoms with E-state index in [-0.39, 0.29) is 0 Å². The Balaban J connectivity index is 3.53. The molecule has 1 aliphatic rings. The van der Waals surface area contributed by atoms with E-state index in [0.717, 1.165) is 0 Å². The molecule has 0 spiro atoms. The van der Waals surface area contributed by atoms with E-state index >= 15 is 0 Å². The van der Waals surface area contributed by atoms with Gasteiger partial charge in [0.2, 0.25) is 0 Å². The Kier molecular flexibility index (Phi) is 3.99. The zero-order valence-electron chi connectivity index (χ0n) is 13.9. The Morgan fingerprint density at radius 3 is 1.12 bits per heavy atom. The van der Waals surface area contributed by atoms with Crippen LogP contribution in [0.3, 0.4) is 0 Å². The highest BCUT2D eigenvalue weighted by Crippen LogP contribution is 2.52. The molecule has 0 bridgehead atoms.